The van der Waals surface area contributed by atoms with Gasteiger partial charge in [-0.15, -0.1) is 0 Å². The monoisotopic (exact) mass is 240 g/mol. The van der Waals surface area contributed by atoms with Gasteiger partial charge in [0.25, 0.3) is 0 Å². The molecule has 0 nitrogen and oxygen atoms in total. The van der Waals surface area contributed by atoms with E-state index in [2.05, 4.69) is 19.6 Å². The summed E-state index contributed by atoms with van der Waals surface area (Å²) in [6, 6.07) is 0. The molecule has 0 bridgehead atoms. The van der Waals surface area contributed by atoms with Gasteiger partial charge in [-0.1, -0.05) is 71.1 Å². The van der Waals surface area contributed by atoms with Gasteiger partial charge in [0.05, 0.1) is 0 Å². The summed E-state index contributed by atoms with van der Waals surface area (Å²) < 4.78 is 0. The molecule has 0 unspecified atom stereocenters. The Hall–Kier alpha value is 1.35. The van der Waals surface area contributed by atoms with Crippen molar-refractivity contribution in [3.8, 4) is 0 Å². The van der Waals surface area contributed by atoms with E-state index in [-0.39, 0.29) is 29.6 Å². The molecule has 0 heterocycles. The summed E-state index contributed by atoms with van der Waals surface area (Å²) in [4.78, 5) is 0. The molecule has 0 N–H and O–H groups in total. The van der Waals surface area contributed by atoms with Crippen molar-refractivity contribution in [1.82, 2.24) is 0 Å². The Morgan fingerprint density at radius 3 is 1.27 bits per heavy atom. The summed E-state index contributed by atoms with van der Waals surface area (Å²) in [5.41, 5.74) is 0. The normalized spacial score (nSPS) is 10.0. The molecule has 0 rings (SSSR count). The van der Waals surface area contributed by atoms with Crippen LogP contribution in [0.3, 0.4) is 0 Å². The predicted molar refractivity (Wildman–Crippen MR) is 77.5 cm³/mol. The zero-order valence-electron chi connectivity index (χ0n) is 9.93. The van der Waals surface area contributed by atoms with E-state index in [0.717, 1.165) is 5.75 Å². The average molecular weight is 240 g/mol. The first-order valence-electron chi connectivity index (χ1n) is 6.52. The van der Waals surface area contributed by atoms with E-state index < -0.39 is 0 Å². The van der Waals surface area contributed by atoms with E-state index in [0.29, 0.717) is 0 Å². The molecule has 0 radical (unpaired) electrons. The Morgan fingerprint density at radius 2 is 0.933 bits per heavy atom. The molecule has 0 aromatic carbocycles. The molecular formula is C13H29NaS. The van der Waals surface area contributed by atoms with Crippen LogP contribution in [0.1, 0.15) is 77.6 Å². The van der Waals surface area contributed by atoms with E-state index in [9.17, 15) is 0 Å². The molecule has 0 fully saturated rings. The van der Waals surface area contributed by atoms with Crippen LogP contribution in [0.25, 0.3) is 0 Å². The second-order valence-electron chi connectivity index (χ2n) is 4.26. The molecule has 88 valence electrons. The Labute approximate surface area is 125 Å². The molecule has 0 saturated carbocycles. The molecular weight excluding hydrogens is 211 g/mol. The van der Waals surface area contributed by atoms with Crippen LogP contribution in [0, 0.1) is 0 Å². The van der Waals surface area contributed by atoms with Crippen molar-refractivity contribution in [1.29, 1.82) is 0 Å². The first-order chi connectivity index (χ1) is 6.91. The van der Waals surface area contributed by atoms with Crippen LogP contribution in [-0.4, -0.2) is 35.3 Å². The van der Waals surface area contributed by atoms with E-state index in [1.54, 1.807) is 0 Å². The molecule has 2 heteroatoms. The Bertz CT molecular complexity index is 84.5. The predicted octanol–water partition coefficient (Wildman–Crippen LogP) is 4.58. The van der Waals surface area contributed by atoms with Crippen molar-refractivity contribution in [3.63, 3.8) is 0 Å². The number of unbranched alkanes of at least 4 members (excludes halogenated alkanes) is 10. The number of thiol groups is 1. The average Bonchev–Trinajstić information content (AvgIpc) is 2.21. The van der Waals surface area contributed by atoms with Gasteiger partial charge < -0.3 is 0 Å². The topological polar surface area (TPSA) is 0 Å². The summed E-state index contributed by atoms with van der Waals surface area (Å²) in [5, 5.41) is 0. The number of hydrogen-bond donors (Lipinski definition) is 1. The molecule has 0 atom stereocenters. The molecule has 0 aromatic rings. The van der Waals surface area contributed by atoms with Crippen LogP contribution >= 0.6 is 12.6 Å². The van der Waals surface area contributed by atoms with Gasteiger partial charge in [0.2, 0.25) is 0 Å². The molecule has 0 aromatic heterocycles. The van der Waals surface area contributed by atoms with Crippen LogP contribution in [0.5, 0.6) is 0 Å². The van der Waals surface area contributed by atoms with E-state index in [4.69, 9.17) is 0 Å². The van der Waals surface area contributed by atoms with Gasteiger partial charge in [0, 0.05) is 0 Å². The molecule has 15 heavy (non-hydrogen) atoms. The zero-order chi connectivity index (χ0) is 10.5. The van der Waals surface area contributed by atoms with Crippen molar-refractivity contribution in [2.45, 2.75) is 77.6 Å². The summed E-state index contributed by atoms with van der Waals surface area (Å²) in [6.45, 7) is 2.28. The molecule has 0 aliphatic carbocycles. The van der Waals surface area contributed by atoms with Crippen molar-refractivity contribution in [3.05, 3.63) is 0 Å². The fourth-order valence-electron chi connectivity index (χ4n) is 1.78. The third-order valence-corrected chi connectivity index (χ3v) is 3.08. The zero-order valence-corrected chi connectivity index (χ0v) is 10.8. The Balaban J connectivity index is 0. The maximum absolute atomic E-state index is 4.21. The van der Waals surface area contributed by atoms with Gasteiger partial charge in [-0.3, -0.25) is 0 Å². The number of hydrogen-bond acceptors (Lipinski definition) is 1. The summed E-state index contributed by atoms with van der Waals surface area (Å²) >= 11 is 4.21. The molecule has 0 amide bonds. The third kappa shape index (κ3) is 17.9. The summed E-state index contributed by atoms with van der Waals surface area (Å²) in [7, 11) is 0. The second-order valence-corrected chi connectivity index (χ2v) is 4.71. The summed E-state index contributed by atoms with van der Waals surface area (Å²) in [5.74, 6) is 1.07. The fourth-order valence-corrected chi connectivity index (χ4v) is 2.00. The first-order valence-corrected chi connectivity index (χ1v) is 7.16. The van der Waals surface area contributed by atoms with Crippen LogP contribution in [-0.2, 0) is 0 Å². The Kier molecular flexibility index (Phi) is 22.1. The minimum absolute atomic E-state index is 0. The van der Waals surface area contributed by atoms with E-state index in [1.807, 2.05) is 0 Å². The van der Waals surface area contributed by atoms with Crippen LogP contribution in [0.4, 0.5) is 0 Å². The minimum atomic E-state index is 0. The number of rotatable bonds is 11. The molecule has 0 saturated heterocycles. The van der Waals surface area contributed by atoms with Gasteiger partial charge in [-0.25, -0.2) is 0 Å². The van der Waals surface area contributed by atoms with Gasteiger partial charge in [0.15, 0.2) is 0 Å². The molecule has 0 aliphatic heterocycles. The van der Waals surface area contributed by atoms with Crippen molar-refractivity contribution in [2.75, 3.05) is 5.75 Å². The summed E-state index contributed by atoms with van der Waals surface area (Å²) in [6.07, 6.45) is 15.7. The van der Waals surface area contributed by atoms with Crippen LogP contribution in [0.15, 0.2) is 0 Å². The van der Waals surface area contributed by atoms with Gasteiger partial charge >= 0.3 is 29.6 Å². The van der Waals surface area contributed by atoms with Crippen LogP contribution < -0.4 is 0 Å². The maximum atomic E-state index is 4.21. The Morgan fingerprint density at radius 1 is 0.600 bits per heavy atom. The quantitative estimate of drug-likeness (QED) is 0.305. The molecule has 0 aliphatic rings. The standard InChI is InChI=1S/C13H28S.Na.H/c1-2-3-4-5-6-7-8-9-10-11-12-13-14;;/h14H,2-13H2,1H3;;. The van der Waals surface area contributed by atoms with Crippen molar-refractivity contribution in [2.24, 2.45) is 0 Å². The van der Waals surface area contributed by atoms with Gasteiger partial charge in [-0.05, 0) is 12.2 Å². The third-order valence-electron chi connectivity index (χ3n) is 2.76. The van der Waals surface area contributed by atoms with Crippen molar-refractivity contribution >= 4 is 42.2 Å². The van der Waals surface area contributed by atoms with Gasteiger partial charge in [0.1, 0.15) is 0 Å². The van der Waals surface area contributed by atoms with E-state index in [1.165, 1.54) is 70.6 Å². The first kappa shape index (κ1) is 18.7. The van der Waals surface area contributed by atoms with Gasteiger partial charge in [-0.2, -0.15) is 12.6 Å². The fraction of sp³-hybridized carbons (Fsp3) is 1.00. The van der Waals surface area contributed by atoms with Crippen LogP contribution in [0.2, 0.25) is 0 Å². The van der Waals surface area contributed by atoms with Crippen molar-refractivity contribution < 1.29 is 0 Å². The van der Waals surface area contributed by atoms with E-state index >= 15 is 0 Å². The second kappa shape index (κ2) is 17.7. The SMILES string of the molecule is CCCCCCCCCCCCCS.[NaH]. The molecule has 0 spiro atoms.